The van der Waals surface area contributed by atoms with Gasteiger partial charge in [-0.25, -0.2) is 4.79 Å². The van der Waals surface area contributed by atoms with Crippen molar-refractivity contribution in [2.75, 3.05) is 7.05 Å². The van der Waals surface area contributed by atoms with Crippen LogP contribution in [0.1, 0.15) is 36.0 Å². The summed E-state index contributed by atoms with van der Waals surface area (Å²) in [5.74, 6) is -0.879. The van der Waals surface area contributed by atoms with Crippen LogP contribution < -0.4 is 0 Å². The monoisotopic (exact) mass is 233 g/mol. The molecule has 1 aromatic carbocycles. The molecule has 0 bridgehead atoms. The summed E-state index contributed by atoms with van der Waals surface area (Å²) in [5, 5.41) is 8.38. The van der Waals surface area contributed by atoms with Gasteiger partial charge in [-0.05, 0) is 44.9 Å². The van der Waals surface area contributed by atoms with Crippen molar-refractivity contribution in [2.45, 2.75) is 37.8 Å². The summed E-state index contributed by atoms with van der Waals surface area (Å²) in [6, 6.07) is 10.3. The Labute approximate surface area is 102 Å². The molecule has 2 fully saturated rings. The lowest BCUT2D eigenvalue weighted by molar-refractivity contribution is 0.0697. The Kier molecular flexibility index (Phi) is 3.79. The van der Waals surface area contributed by atoms with Crippen LogP contribution in [0.2, 0.25) is 0 Å². The van der Waals surface area contributed by atoms with E-state index in [1.807, 2.05) is 0 Å². The highest BCUT2D eigenvalue weighted by molar-refractivity contribution is 5.87. The summed E-state index contributed by atoms with van der Waals surface area (Å²) in [6.07, 6.45) is 5.86. The molecule has 0 aromatic heterocycles. The lowest BCUT2D eigenvalue weighted by Crippen LogP contribution is -2.22. The van der Waals surface area contributed by atoms with Crippen molar-refractivity contribution in [1.82, 2.24) is 4.90 Å². The molecule has 92 valence electrons. The van der Waals surface area contributed by atoms with Crippen LogP contribution in [-0.4, -0.2) is 35.1 Å². The third-order valence-electron chi connectivity index (χ3n) is 3.27. The second-order valence-electron chi connectivity index (χ2n) is 4.80. The van der Waals surface area contributed by atoms with Crippen molar-refractivity contribution in [1.29, 1.82) is 0 Å². The number of carbonyl (C=O) groups is 1. The van der Waals surface area contributed by atoms with Gasteiger partial charge in [0.2, 0.25) is 0 Å². The smallest absolute Gasteiger partial charge is 0.335 e. The predicted octanol–water partition coefficient (Wildman–Crippen LogP) is 2.63. The second-order valence-corrected chi connectivity index (χ2v) is 4.80. The first-order chi connectivity index (χ1) is 8.18. The van der Waals surface area contributed by atoms with Gasteiger partial charge in [0.25, 0.3) is 0 Å². The zero-order chi connectivity index (χ0) is 12.3. The fraction of sp³-hybridized carbons (Fsp3) is 0.500. The Morgan fingerprint density at radius 3 is 1.88 bits per heavy atom. The summed E-state index contributed by atoms with van der Waals surface area (Å²) < 4.78 is 0. The molecule has 0 atom stereocenters. The van der Waals surface area contributed by atoms with Gasteiger partial charge in [0.1, 0.15) is 0 Å². The topological polar surface area (TPSA) is 40.5 Å². The maximum atomic E-state index is 10.2. The molecule has 0 spiro atoms. The Balaban J connectivity index is 0.000000127. The van der Waals surface area contributed by atoms with Gasteiger partial charge in [0.05, 0.1) is 5.56 Å². The quantitative estimate of drug-likeness (QED) is 0.872. The molecular weight excluding hydrogens is 214 g/mol. The molecule has 0 unspecified atom stereocenters. The molecule has 3 heteroatoms. The number of carboxylic acid groups (broad SMARTS) is 1. The third-order valence-corrected chi connectivity index (χ3v) is 3.27. The highest BCUT2D eigenvalue weighted by Crippen LogP contribution is 2.35. The van der Waals surface area contributed by atoms with Crippen molar-refractivity contribution in [3.8, 4) is 0 Å². The molecule has 0 amide bonds. The first-order valence-corrected chi connectivity index (χ1v) is 6.19. The van der Waals surface area contributed by atoms with Crippen molar-refractivity contribution in [3.05, 3.63) is 35.9 Å². The number of carboxylic acids is 1. The first-order valence-electron chi connectivity index (χ1n) is 6.19. The van der Waals surface area contributed by atoms with Gasteiger partial charge in [-0.3, -0.25) is 0 Å². The number of benzene rings is 1. The van der Waals surface area contributed by atoms with Gasteiger partial charge >= 0.3 is 5.97 Å². The van der Waals surface area contributed by atoms with E-state index in [-0.39, 0.29) is 0 Å². The molecule has 0 heterocycles. The number of aromatic carboxylic acids is 1. The third kappa shape index (κ3) is 3.86. The standard InChI is InChI=1S/C7H13N.C7H6O2/c1-8(6-2-3-6)7-4-5-7;8-7(9)6-4-2-1-3-5-6/h6-7H,2-5H2,1H3;1-5H,(H,8,9). The summed E-state index contributed by atoms with van der Waals surface area (Å²) in [4.78, 5) is 12.8. The number of hydrogen-bond donors (Lipinski definition) is 1. The minimum absolute atomic E-state index is 0.331. The van der Waals surface area contributed by atoms with Crippen LogP contribution in [0.4, 0.5) is 0 Å². The van der Waals surface area contributed by atoms with Crippen LogP contribution >= 0.6 is 0 Å². The van der Waals surface area contributed by atoms with Crippen LogP contribution in [0.3, 0.4) is 0 Å². The van der Waals surface area contributed by atoms with E-state index >= 15 is 0 Å². The van der Waals surface area contributed by atoms with Gasteiger partial charge < -0.3 is 10.0 Å². The lowest BCUT2D eigenvalue weighted by Gasteiger charge is -2.12. The first kappa shape index (κ1) is 12.1. The van der Waals surface area contributed by atoms with E-state index in [4.69, 9.17) is 5.11 Å². The minimum atomic E-state index is -0.879. The molecule has 2 saturated carbocycles. The average Bonchev–Trinajstić information content (AvgIpc) is 3.21. The van der Waals surface area contributed by atoms with E-state index in [1.54, 1.807) is 30.3 Å². The van der Waals surface area contributed by atoms with Crippen LogP contribution in [0, 0.1) is 0 Å². The van der Waals surface area contributed by atoms with E-state index in [0.29, 0.717) is 5.56 Å². The minimum Gasteiger partial charge on any atom is -0.478 e. The molecule has 17 heavy (non-hydrogen) atoms. The SMILES string of the molecule is CN(C1CC1)C1CC1.O=C(O)c1ccccc1. The second kappa shape index (κ2) is 5.32. The van der Waals surface area contributed by atoms with Crippen molar-refractivity contribution >= 4 is 5.97 Å². The van der Waals surface area contributed by atoms with Gasteiger partial charge in [-0.15, -0.1) is 0 Å². The molecule has 2 aliphatic rings. The van der Waals surface area contributed by atoms with Crippen LogP contribution in [-0.2, 0) is 0 Å². The maximum Gasteiger partial charge on any atom is 0.335 e. The Bertz CT molecular complexity index is 357. The molecule has 1 N–H and O–H groups in total. The van der Waals surface area contributed by atoms with E-state index in [2.05, 4.69) is 11.9 Å². The molecule has 0 aliphatic heterocycles. The highest BCUT2D eigenvalue weighted by atomic mass is 16.4. The number of rotatable bonds is 3. The van der Waals surface area contributed by atoms with Crippen molar-refractivity contribution < 1.29 is 9.90 Å². The van der Waals surface area contributed by atoms with Gasteiger partial charge in [0, 0.05) is 12.1 Å². The van der Waals surface area contributed by atoms with E-state index in [0.717, 1.165) is 12.1 Å². The van der Waals surface area contributed by atoms with Gasteiger partial charge in [0.15, 0.2) is 0 Å². The Morgan fingerprint density at radius 1 is 1.12 bits per heavy atom. The van der Waals surface area contributed by atoms with Crippen LogP contribution in [0.15, 0.2) is 30.3 Å². The highest BCUT2D eigenvalue weighted by Gasteiger charge is 2.35. The zero-order valence-electron chi connectivity index (χ0n) is 10.2. The van der Waals surface area contributed by atoms with E-state index < -0.39 is 5.97 Å². The zero-order valence-corrected chi connectivity index (χ0v) is 10.2. The molecular formula is C14H19NO2. The number of nitrogens with zero attached hydrogens (tertiary/aromatic N) is 1. The Morgan fingerprint density at radius 2 is 1.59 bits per heavy atom. The van der Waals surface area contributed by atoms with Gasteiger partial charge in [-0.1, -0.05) is 18.2 Å². The summed E-state index contributed by atoms with van der Waals surface area (Å²) in [5.41, 5.74) is 0.331. The van der Waals surface area contributed by atoms with Gasteiger partial charge in [-0.2, -0.15) is 0 Å². The molecule has 3 rings (SSSR count). The maximum absolute atomic E-state index is 10.2. The van der Waals surface area contributed by atoms with E-state index in [1.165, 1.54) is 25.7 Å². The molecule has 0 saturated heterocycles. The predicted molar refractivity (Wildman–Crippen MR) is 67.2 cm³/mol. The average molecular weight is 233 g/mol. The summed E-state index contributed by atoms with van der Waals surface area (Å²) >= 11 is 0. The normalized spacial score (nSPS) is 18.5. The molecule has 0 radical (unpaired) electrons. The largest absolute Gasteiger partial charge is 0.478 e. The van der Waals surface area contributed by atoms with Crippen molar-refractivity contribution in [2.24, 2.45) is 0 Å². The fourth-order valence-electron chi connectivity index (χ4n) is 1.84. The summed E-state index contributed by atoms with van der Waals surface area (Å²) in [7, 11) is 2.27. The number of hydrogen-bond acceptors (Lipinski definition) is 2. The lowest BCUT2D eigenvalue weighted by atomic mass is 10.2. The van der Waals surface area contributed by atoms with E-state index in [9.17, 15) is 4.79 Å². The Hall–Kier alpha value is -1.35. The van der Waals surface area contributed by atoms with Crippen molar-refractivity contribution in [3.63, 3.8) is 0 Å². The summed E-state index contributed by atoms with van der Waals surface area (Å²) in [6.45, 7) is 0. The molecule has 3 nitrogen and oxygen atoms in total. The molecule has 1 aromatic rings. The van der Waals surface area contributed by atoms with Crippen LogP contribution in [0.5, 0.6) is 0 Å². The van der Waals surface area contributed by atoms with Crippen LogP contribution in [0.25, 0.3) is 0 Å². The fourth-order valence-corrected chi connectivity index (χ4v) is 1.84. The molecule has 2 aliphatic carbocycles.